The van der Waals surface area contributed by atoms with Crippen LogP contribution in [0, 0.1) is 0 Å². The fourth-order valence-electron chi connectivity index (χ4n) is 1.47. The Balaban J connectivity index is 2.63. The lowest BCUT2D eigenvalue weighted by molar-refractivity contribution is -0.149. The molecule has 0 amide bonds. The lowest BCUT2D eigenvalue weighted by atomic mass is 10.1. The first-order valence-electron chi connectivity index (χ1n) is 5.83. The van der Waals surface area contributed by atoms with Crippen molar-refractivity contribution >= 4 is 21.9 Å². The van der Waals surface area contributed by atoms with E-state index in [9.17, 15) is 4.79 Å². The van der Waals surface area contributed by atoms with E-state index in [1.165, 1.54) is 0 Å². The van der Waals surface area contributed by atoms with Gasteiger partial charge in [-0.1, -0.05) is 15.9 Å². The van der Waals surface area contributed by atoms with Gasteiger partial charge in [0.1, 0.15) is 5.75 Å². The fourth-order valence-corrected chi connectivity index (χ4v) is 1.88. The van der Waals surface area contributed by atoms with E-state index in [1.54, 1.807) is 13.8 Å². The maximum atomic E-state index is 11.4. The smallest absolute Gasteiger partial charge is 0.344 e. The number of esters is 1. The molecule has 0 saturated carbocycles. The molecular weight excluding hydrogens is 298 g/mol. The molecule has 0 aliphatic carbocycles. The summed E-state index contributed by atoms with van der Waals surface area (Å²) in [5.74, 6) is 0.302. The highest BCUT2D eigenvalue weighted by atomic mass is 79.9. The molecule has 1 rings (SSSR count). The average molecular weight is 316 g/mol. The summed E-state index contributed by atoms with van der Waals surface area (Å²) in [5, 5.41) is 0. The Kier molecular flexibility index (Phi) is 6.15. The highest BCUT2D eigenvalue weighted by Gasteiger charge is 2.09. The molecule has 0 spiro atoms. The maximum absolute atomic E-state index is 11.4. The number of carbonyl (C=O) groups is 1. The summed E-state index contributed by atoms with van der Waals surface area (Å²) >= 11 is 3.39. The molecule has 2 N–H and O–H groups in total. The van der Waals surface area contributed by atoms with Crippen LogP contribution < -0.4 is 10.5 Å². The number of carbonyl (C=O) groups excluding carboxylic acids is 1. The lowest BCUT2D eigenvalue weighted by Gasteiger charge is -2.12. The van der Waals surface area contributed by atoms with E-state index in [1.807, 2.05) is 18.2 Å². The summed E-state index contributed by atoms with van der Waals surface area (Å²) in [4.78, 5) is 11.4. The molecule has 0 aliphatic heterocycles. The Morgan fingerprint density at radius 2 is 2.17 bits per heavy atom. The van der Waals surface area contributed by atoms with Gasteiger partial charge in [-0.25, -0.2) is 4.79 Å². The zero-order valence-corrected chi connectivity index (χ0v) is 12.2. The van der Waals surface area contributed by atoms with Crippen LogP contribution in [0.4, 0.5) is 0 Å². The van der Waals surface area contributed by atoms with E-state index in [0.717, 1.165) is 10.0 Å². The predicted molar refractivity (Wildman–Crippen MR) is 73.6 cm³/mol. The number of benzene rings is 1. The van der Waals surface area contributed by atoms with Gasteiger partial charge < -0.3 is 15.2 Å². The largest absolute Gasteiger partial charge is 0.482 e. The van der Waals surface area contributed by atoms with Crippen LogP contribution in [-0.4, -0.2) is 25.2 Å². The van der Waals surface area contributed by atoms with E-state index < -0.39 is 0 Å². The molecule has 5 heteroatoms. The Morgan fingerprint density at radius 3 is 2.78 bits per heavy atom. The van der Waals surface area contributed by atoms with E-state index >= 15 is 0 Å². The average Bonchev–Trinajstić information content (AvgIpc) is 2.27. The van der Waals surface area contributed by atoms with Gasteiger partial charge in [-0.3, -0.25) is 0 Å². The van der Waals surface area contributed by atoms with E-state index in [2.05, 4.69) is 15.9 Å². The first-order chi connectivity index (χ1) is 8.52. The minimum absolute atomic E-state index is 0.0859. The van der Waals surface area contributed by atoms with Crippen LogP contribution in [-0.2, 0) is 16.0 Å². The number of rotatable bonds is 6. The van der Waals surface area contributed by atoms with Crippen LogP contribution in [0.2, 0.25) is 0 Å². The summed E-state index contributed by atoms with van der Waals surface area (Å²) in [6.07, 6.45) is 0.572. The second-order valence-corrected chi connectivity index (χ2v) is 5.03. The Labute approximate surface area is 116 Å². The molecule has 1 aromatic rings. The summed E-state index contributed by atoms with van der Waals surface area (Å²) in [5.41, 5.74) is 6.52. The van der Waals surface area contributed by atoms with Gasteiger partial charge in [-0.2, -0.15) is 0 Å². The SMILES string of the molecule is CC(C)OC(=O)COc1ccc(Br)cc1CCN. The molecule has 18 heavy (non-hydrogen) atoms. The highest BCUT2D eigenvalue weighted by molar-refractivity contribution is 9.10. The predicted octanol–water partition coefficient (Wildman–Crippen LogP) is 2.28. The van der Waals surface area contributed by atoms with Crippen LogP contribution in [0.5, 0.6) is 5.75 Å². The normalized spacial score (nSPS) is 10.5. The molecule has 0 heterocycles. The van der Waals surface area contributed by atoms with Crippen molar-refractivity contribution in [3.8, 4) is 5.75 Å². The topological polar surface area (TPSA) is 61.5 Å². The summed E-state index contributed by atoms with van der Waals surface area (Å²) < 4.78 is 11.4. The Morgan fingerprint density at radius 1 is 1.44 bits per heavy atom. The van der Waals surface area contributed by atoms with Crippen molar-refractivity contribution < 1.29 is 14.3 Å². The van der Waals surface area contributed by atoms with Crippen molar-refractivity contribution in [1.82, 2.24) is 0 Å². The van der Waals surface area contributed by atoms with Gasteiger partial charge in [0.15, 0.2) is 6.61 Å². The number of halogens is 1. The Hall–Kier alpha value is -1.07. The molecule has 1 aromatic carbocycles. The number of hydrogen-bond donors (Lipinski definition) is 1. The van der Waals surface area contributed by atoms with E-state index in [0.29, 0.717) is 18.7 Å². The van der Waals surface area contributed by atoms with Crippen molar-refractivity contribution in [2.75, 3.05) is 13.2 Å². The molecule has 4 nitrogen and oxygen atoms in total. The van der Waals surface area contributed by atoms with Crippen molar-refractivity contribution in [3.63, 3.8) is 0 Å². The molecule has 0 fully saturated rings. The minimum Gasteiger partial charge on any atom is -0.482 e. The second-order valence-electron chi connectivity index (χ2n) is 4.12. The van der Waals surface area contributed by atoms with E-state index in [-0.39, 0.29) is 18.7 Å². The fraction of sp³-hybridized carbons (Fsp3) is 0.462. The summed E-state index contributed by atoms with van der Waals surface area (Å²) in [6, 6.07) is 5.62. The van der Waals surface area contributed by atoms with Crippen molar-refractivity contribution in [3.05, 3.63) is 28.2 Å². The monoisotopic (exact) mass is 315 g/mol. The van der Waals surface area contributed by atoms with Crippen LogP contribution >= 0.6 is 15.9 Å². The zero-order valence-electron chi connectivity index (χ0n) is 10.6. The van der Waals surface area contributed by atoms with Crippen molar-refractivity contribution in [2.24, 2.45) is 5.73 Å². The van der Waals surface area contributed by atoms with Crippen LogP contribution in [0.15, 0.2) is 22.7 Å². The van der Waals surface area contributed by atoms with Gasteiger partial charge in [-0.05, 0) is 50.6 Å². The molecule has 0 unspecified atom stereocenters. The van der Waals surface area contributed by atoms with Gasteiger partial charge in [0.25, 0.3) is 0 Å². The van der Waals surface area contributed by atoms with Gasteiger partial charge >= 0.3 is 5.97 Å². The van der Waals surface area contributed by atoms with E-state index in [4.69, 9.17) is 15.2 Å². The van der Waals surface area contributed by atoms with Crippen molar-refractivity contribution in [1.29, 1.82) is 0 Å². The molecule has 100 valence electrons. The number of ether oxygens (including phenoxy) is 2. The molecular formula is C13H18BrNO3. The first kappa shape index (κ1) is 15.0. The second kappa shape index (κ2) is 7.38. The Bertz CT molecular complexity index is 407. The van der Waals surface area contributed by atoms with Gasteiger partial charge in [0, 0.05) is 4.47 Å². The summed E-state index contributed by atoms with van der Waals surface area (Å²) in [6.45, 7) is 4.05. The van der Waals surface area contributed by atoms with Crippen molar-refractivity contribution in [2.45, 2.75) is 26.4 Å². The van der Waals surface area contributed by atoms with Gasteiger partial charge in [-0.15, -0.1) is 0 Å². The van der Waals surface area contributed by atoms with Crippen LogP contribution in [0.1, 0.15) is 19.4 Å². The zero-order chi connectivity index (χ0) is 13.5. The quantitative estimate of drug-likeness (QED) is 0.818. The maximum Gasteiger partial charge on any atom is 0.344 e. The van der Waals surface area contributed by atoms with Crippen LogP contribution in [0.3, 0.4) is 0 Å². The third-order valence-electron chi connectivity index (χ3n) is 2.15. The molecule has 0 bridgehead atoms. The lowest BCUT2D eigenvalue weighted by Crippen LogP contribution is -2.19. The van der Waals surface area contributed by atoms with Gasteiger partial charge in [0.2, 0.25) is 0 Å². The highest BCUT2D eigenvalue weighted by Crippen LogP contribution is 2.23. The third-order valence-corrected chi connectivity index (χ3v) is 2.64. The van der Waals surface area contributed by atoms with Crippen LogP contribution in [0.25, 0.3) is 0 Å². The molecule has 0 atom stereocenters. The molecule has 0 aliphatic rings. The number of hydrogen-bond acceptors (Lipinski definition) is 4. The molecule has 0 saturated heterocycles. The first-order valence-corrected chi connectivity index (χ1v) is 6.63. The minimum atomic E-state index is -0.369. The molecule has 0 radical (unpaired) electrons. The standard InChI is InChI=1S/C13H18BrNO3/c1-9(2)18-13(16)8-17-12-4-3-11(14)7-10(12)5-6-15/h3-4,7,9H,5-6,8,15H2,1-2H3. The summed E-state index contributed by atoms with van der Waals surface area (Å²) in [7, 11) is 0. The number of nitrogens with two attached hydrogens (primary N) is 1. The molecule has 0 aromatic heterocycles. The van der Waals surface area contributed by atoms with Gasteiger partial charge in [0.05, 0.1) is 6.10 Å². The third kappa shape index (κ3) is 5.06.